The van der Waals surface area contributed by atoms with Crippen LogP contribution in [0, 0.1) is 0 Å². The summed E-state index contributed by atoms with van der Waals surface area (Å²) in [6.45, 7) is 6.43. The molecule has 0 unspecified atom stereocenters. The van der Waals surface area contributed by atoms with Crippen molar-refractivity contribution in [3.63, 3.8) is 0 Å². The molecular formula is C18H26N4O4. The molecule has 3 rings (SSSR count). The molecule has 0 saturated carbocycles. The van der Waals surface area contributed by atoms with Crippen LogP contribution in [0.5, 0.6) is 11.5 Å². The third kappa shape index (κ3) is 4.44. The molecule has 142 valence electrons. The van der Waals surface area contributed by atoms with Gasteiger partial charge in [-0.25, -0.2) is 0 Å². The second-order valence-electron chi connectivity index (χ2n) is 6.51. The van der Waals surface area contributed by atoms with Crippen molar-refractivity contribution in [1.82, 2.24) is 15.1 Å². The number of fused-ring (bicyclic) bond motifs is 1. The number of nitrogens with one attached hydrogen (secondary N) is 2. The van der Waals surface area contributed by atoms with Crippen molar-refractivity contribution in [3.05, 3.63) is 18.2 Å². The summed E-state index contributed by atoms with van der Waals surface area (Å²) >= 11 is 0. The van der Waals surface area contributed by atoms with Crippen LogP contribution >= 0.6 is 0 Å². The second kappa shape index (κ2) is 8.37. The Labute approximate surface area is 153 Å². The molecule has 0 spiro atoms. The Balaban J connectivity index is 1.51. The van der Waals surface area contributed by atoms with Gasteiger partial charge in [-0.2, -0.15) is 0 Å². The Kier molecular flexibility index (Phi) is 5.95. The Morgan fingerprint density at radius 1 is 1.12 bits per heavy atom. The quantitative estimate of drug-likeness (QED) is 0.776. The maximum Gasteiger partial charge on any atom is 0.241 e. The van der Waals surface area contributed by atoms with Gasteiger partial charge in [0.25, 0.3) is 0 Å². The Morgan fingerprint density at radius 3 is 2.50 bits per heavy atom. The van der Waals surface area contributed by atoms with Crippen LogP contribution in [0.15, 0.2) is 18.2 Å². The summed E-state index contributed by atoms with van der Waals surface area (Å²) in [4.78, 5) is 28.3. The zero-order chi connectivity index (χ0) is 18.5. The lowest BCUT2D eigenvalue weighted by Gasteiger charge is -2.37. The van der Waals surface area contributed by atoms with Gasteiger partial charge in [-0.15, -0.1) is 0 Å². The molecule has 0 radical (unpaired) electrons. The van der Waals surface area contributed by atoms with Crippen molar-refractivity contribution in [3.8, 4) is 11.5 Å². The van der Waals surface area contributed by atoms with Gasteiger partial charge in [0.05, 0.1) is 12.6 Å². The lowest BCUT2D eigenvalue weighted by molar-refractivity contribution is -0.124. The van der Waals surface area contributed by atoms with Crippen LogP contribution < -0.4 is 20.1 Å². The normalized spacial score (nSPS) is 18.8. The first-order valence-electron chi connectivity index (χ1n) is 8.94. The molecule has 2 aliphatic heterocycles. The highest BCUT2D eigenvalue weighted by molar-refractivity contribution is 5.94. The van der Waals surface area contributed by atoms with Crippen LogP contribution in [0.25, 0.3) is 0 Å². The van der Waals surface area contributed by atoms with E-state index in [9.17, 15) is 9.59 Å². The summed E-state index contributed by atoms with van der Waals surface area (Å²) < 4.78 is 11.0. The minimum Gasteiger partial charge on any atom is -0.486 e. The molecule has 26 heavy (non-hydrogen) atoms. The molecule has 8 heteroatoms. The Bertz CT molecular complexity index is 659. The number of rotatable bonds is 5. The second-order valence-corrected chi connectivity index (χ2v) is 6.51. The number of hydrogen-bond acceptors (Lipinski definition) is 6. The summed E-state index contributed by atoms with van der Waals surface area (Å²) in [5.74, 6) is 1.32. The molecule has 0 aliphatic carbocycles. The van der Waals surface area contributed by atoms with Crippen LogP contribution in [0.3, 0.4) is 0 Å². The first kappa shape index (κ1) is 18.5. The third-order valence-electron chi connectivity index (χ3n) is 4.79. The number of carbonyl (C=O) groups excluding carboxylic acids is 2. The molecule has 1 aromatic rings. The van der Waals surface area contributed by atoms with E-state index >= 15 is 0 Å². The van der Waals surface area contributed by atoms with Gasteiger partial charge in [0.2, 0.25) is 11.8 Å². The minimum absolute atomic E-state index is 0.0165. The van der Waals surface area contributed by atoms with E-state index in [1.165, 1.54) is 0 Å². The van der Waals surface area contributed by atoms with Crippen molar-refractivity contribution < 1.29 is 19.1 Å². The fourth-order valence-corrected chi connectivity index (χ4v) is 3.12. The first-order valence-corrected chi connectivity index (χ1v) is 8.94. The maximum absolute atomic E-state index is 12.6. The number of ether oxygens (including phenoxy) is 2. The molecule has 1 fully saturated rings. The third-order valence-corrected chi connectivity index (χ3v) is 4.79. The molecule has 2 aliphatic rings. The van der Waals surface area contributed by atoms with Crippen molar-refractivity contribution in [2.24, 2.45) is 0 Å². The smallest absolute Gasteiger partial charge is 0.241 e. The molecule has 2 N–H and O–H groups in total. The lowest BCUT2D eigenvalue weighted by Crippen LogP contribution is -2.54. The molecule has 8 nitrogen and oxygen atoms in total. The van der Waals surface area contributed by atoms with E-state index in [4.69, 9.17) is 9.47 Å². The first-order chi connectivity index (χ1) is 12.6. The molecular weight excluding hydrogens is 336 g/mol. The molecule has 1 saturated heterocycles. The number of piperazine rings is 1. The number of benzene rings is 1. The molecule has 2 amide bonds. The zero-order valence-corrected chi connectivity index (χ0v) is 15.3. The van der Waals surface area contributed by atoms with Gasteiger partial charge >= 0.3 is 0 Å². The number of likely N-dealkylation sites (N-methyl/N-ethyl adjacent to an activating group) is 1. The van der Waals surface area contributed by atoms with E-state index < -0.39 is 0 Å². The number of nitrogens with zero attached hydrogens (tertiary/aromatic N) is 2. The van der Waals surface area contributed by atoms with Gasteiger partial charge < -0.3 is 20.1 Å². The molecule has 0 aromatic heterocycles. The minimum atomic E-state index is -0.245. The van der Waals surface area contributed by atoms with Crippen molar-refractivity contribution in [2.75, 3.05) is 58.3 Å². The van der Waals surface area contributed by atoms with Gasteiger partial charge in [-0.1, -0.05) is 0 Å². The molecule has 1 atom stereocenters. The average molecular weight is 362 g/mol. The fourth-order valence-electron chi connectivity index (χ4n) is 3.12. The van der Waals surface area contributed by atoms with Crippen LogP contribution in [-0.4, -0.2) is 80.6 Å². The van der Waals surface area contributed by atoms with Gasteiger partial charge in [0.15, 0.2) is 11.5 Å². The van der Waals surface area contributed by atoms with Crippen molar-refractivity contribution >= 4 is 17.5 Å². The molecule has 1 aromatic carbocycles. The Morgan fingerprint density at radius 2 is 1.81 bits per heavy atom. The molecule has 2 heterocycles. The van der Waals surface area contributed by atoms with Crippen LogP contribution in [0.1, 0.15) is 6.92 Å². The maximum atomic E-state index is 12.6. The summed E-state index contributed by atoms with van der Waals surface area (Å²) in [6, 6.07) is 5.18. The van der Waals surface area contributed by atoms with Gasteiger partial charge in [0.1, 0.15) is 13.2 Å². The number of anilines is 1. The van der Waals surface area contributed by atoms with E-state index in [0.29, 0.717) is 36.9 Å². The lowest BCUT2D eigenvalue weighted by atomic mass is 10.2. The standard InChI is InChI=1S/C18H26N4O4/c1-13(22-7-5-21(6-8-22)12-17(23)19-2)18(24)20-14-3-4-15-16(11-14)26-10-9-25-15/h3-4,11,13H,5-10,12H2,1-2H3,(H,19,23)(H,20,24)/t13-/m0/s1. The largest absolute Gasteiger partial charge is 0.486 e. The van der Waals surface area contributed by atoms with E-state index in [2.05, 4.69) is 20.4 Å². The monoisotopic (exact) mass is 362 g/mol. The highest BCUT2D eigenvalue weighted by Crippen LogP contribution is 2.32. The van der Waals surface area contributed by atoms with Crippen molar-refractivity contribution in [1.29, 1.82) is 0 Å². The van der Waals surface area contributed by atoms with E-state index in [0.717, 1.165) is 26.2 Å². The SMILES string of the molecule is CNC(=O)CN1CCN([C@@H](C)C(=O)Nc2ccc3c(c2)OCCO3)CC1. The van der Waals surface area contributed by atoms with Crippen molar-refractivity contribution in [2.45, 2.75) is 13.0 Å². The predicted molar refractivity (Wildman–Crippen MR) is 97.6 cm³/mol. The topological polar surface area (TPSA) is 83.1 Å². The zero-order valence-electron chi connectivity index (χ0n) is 15.3. The van der Waals surface area contributed by atoms with E-state index in [-0.39, 0.29) is 17.9 Å². The highest BCUT2D eigenvalue weighted by Gasteiger charge is 2.26. The summed E-state index contributed by atoms with van der Waals surface area (Å²) in [5, 5.41) is 5.58. The number of hydrogen-bond donors (Lipinski definition) is 2. The molecule has 0 bridgehead atoms. The average Bonchev–Trinajstić information content (AvgIpc) is 2.67. The van der Waals surface area contributed by atoms with Gasteiger partial charge in [-0.3, -0.25) is 19.4 Å². The van der Waals surface area contributed by atoms with Crippen LogP contribution in [0.2, 0.25) is 0 Å². The number of carbonyl (C=O) groups is 2. The summed E-state index contributed by atoms with van der Waals surface area (Å²) in [6.07, 6.45) is 0. The van der Waals surface area contributed by atoms with Crippen LogP contribution in [0.4, 0.5) is 5.69 Å². The summed E-state index contributed by atoms with van der Waals surface area (Å²) in [5.41, 5.74) is 0.698. The van der Waals surface area contributed by atoms with E-state index in [1.54, 1.807) is 13.1 Å². The number of amides is 2. The van der Waals surface area contributed by atoms with Gasteiger partial charge in [0, 0.05) is 45.0 Å². The predicted octanol–water partition coefficient (Wildman–Crippen LogP) is 0.148. The fraction of sp³-hybridized carbons (Fsp3) is 0.556. The van der Waals surface area contributed by atoms with E-state index in [1.807, 2.05) is 19.1 Å². The van der Waals surface area contributed by atoms with Crippen LogP contribution in [-0.2, 0) is 9.59 Å². The van der Waals surface area contributed by atoms with Gasteiger partial charge in [-0.05, 0) is 19.1 Å². The Hall–Kier alpha value is -2.32. The summed E-state index contributed by atoms with van der Waals surface area (Å²) in [7, 11) is 1.64. The highest BCUT2D eigenvalue weighted by atomic mass is 16.6.